The molecule has 102 valence electrons. The molecule has 0 radical (unpaired) electrons. The molecule has 2 heterocycles. The lowest BCUT2D eigenvalue weighted by atomic mass is 10.3. The Morgan fingerprint density at radius 1 is 1.39 bits per heavy atom. The summed E-state index contributed by atoms with van der Waals surface area (Å²) in [4.78, 5) is 6.58. The van der Waals surface area contributed by atoms with E-state index in [9.17, 15) is 0 Å². The van der Waals surface area contributed by atoms with E-state index < -0.39 is 0 Å². The zero-order valence-corrected chi connectivity index (χ0v) is 12.6. The van der Waals surface area contributed by atoms with Crippen molar-refractivity contribution < 1.29 is 4.74 Å². The Labute approximate surface area is 124 Å². The molecular weight excluding hydrogens is 291 g/mol. The zero-order valence-electron chi connectivity index (χ0n) is 10.2. The van der Waals surface area contributed by atoms with Gasteiger partial charge in [0.05, 0.1) is 11.6 Å². The highest BCUT2D eigenvalue weighted by molar-refractivity contribution is 7.99. The molecule has 0 aliphatic carbocycles. The van der Waals surface area contributed by atoms with Crippen molar-refractivity contribution in [1.29, 1.82) is 0 Å². The van der Waals surface area contributed by atoms with Gasteiger partial charge in [0.1, 0.15) is 0 Å². The molecule has 1 fully saturated rings. The van der Waals surface area contributed by atoms with Crippen LogP contribution in [0.2, 0.25) is 5.02 Å². The Hall–Kier alpha value is -0.160. The highest BCUT2D eigenvalue weighted by atomic mass is 35.5. The maximum absolute atomic E-state index is 5.74. The van der Waals surface area contributed by atoms with Crippen LogP contribution in [-0.2, 0) is 0 Å². The normalized spacial score (nSPS) is 15.4. The van der Waals surface area contributed by atoms with Crippen molar-refractivity contribution in [3.63, 3.8) is 0 Å². The molecule has 0 unspecified atom stereocenters. The topological polar surface area (TPSA) is 25.4 Å². The van der Waals surface area contributed by atoms with Crippen LogP contribution in [0, 0.1) is 0 Å². The minimum Gasteiger partial charge on any atom is -0.478 e. The second-order valence-corrected chi connectivity index (χ2v) is 5.54. The van der Waals surface area contributed by atoms with Crippen LogP contribution in [0.4, 0.5) is 0 Å². The molecule has 0 amide bonds. The fraction of sp³-hybridized carbons (Fsp3) is 0.583. The van der Waals surface area contributed by atoms with E-state index in [-0.39, 0.29) is 12.4 Å². The van der Waals surface area contributed by atoms with Gasteiger partial charge in [-0.25, -0.2) is 4.98 Å². The fourth-order valence-electron chi connectivity index (χ4n) is 1.69. The maximum Gasteiger partial charge on any atom is 0.213 e. The number of nitrogens with zero attached hydrogens (tertiary/aromatic N) is 2. The van der Waals surface area contributed by atoms with Crippen LogP contribution in [-0.4, -0.2) is 41.2 Å². The van der Waals surface area contributed by atoms with Gasteiger partial charge in [-0.05, 0) is 25.5 Å². The molecule has 18 heavy (non-hydrogen) atoms. The van der Waals surface area contributed by atoms with E-state index in [4.69, 9.17) is 16.3 Å². The fourth-order valence-corrected chi connectivity index (χ4v) is 2.83. The Bertz CT molecular complexity index is 331. The summed E-state index contributed by atoms with van der Waals surface area (Å²) in [5.41, 5.74) is 0. The van der Waals surface area contributed by atoms with Crippen molar-refractivity contribution >= 4 is 35.8 Å². The Balaban J connectivity index is 0.00000162. The van der Waals surface area contributed by atoms with Gasteiger partial charge in [-0.1, -0.05) is 11.6 Å². The van der Waals surface area contributed by atoms with Crippen LogP contribution in [0.25, 0.3) is 0 Å². The zero-order chi connectivity index (χ0) is 11.9. The van der Waals surface area contributed by atoms with Gasteiger partial charge in [-0.15, -0.1) is 24.2 Å². The molecule has 0 atom stereocenters. The summed E-state index contributed by atoms with van der Waals surface area (Å²) in [6.45, 7) is 3.16. The summed E-state index contributed by atoms with van der Waals surface area (Å²) < 4.78 is 5.53. The predicted molar refractivity (Wildman–Crippen MR) is 80.1 cm³/mol. The molecule has 2 rings (SSSR count). The van der Waals surface area contributed by atoms with Gasteiger partial charge in [0, 0.05) is 30.4 Å². The lowest BCUT2D eigenvalue weighted by molar-refractivity contribution is 0.276. The number of pyridine rings is 1. The van der Waals surface area contributed by atoms with Gasteiger partial charge in [0.2, 0.25) is 5.88 Å². The number of hydrogen-bond donors (Lipinski definition) is 0. The van der Waals surface area contributed by atoms with E-state index in [2.05, 4.69) is 9.88 Å². The van der Waals surface area contributed by atoms with Crippen molar-refractivity contribution in [2.45, 2.75) is 12.8 Å². The van der Waals surface area contributed by atoms with Crippen molar-refractivity contribution in [2.24, 2.45) is 0 Å². The van der Waals surface area contributed by atoms with Crippen LogP contribution < -0.4 is 4.74 Å². The third-order valence-corrected chi connectivity index (χ3v) is 3.89. The van der Waals surface area contributed by atoms with Crippen LogP contribution in [0.3, 0.4) is 0 Å². The molecule has 0 N–H and O–H groups in total. The van der Waals surface area contributed by atoms with E-state index in [1.54, 1.807) is 18.3 Å². The summed E-state index contributed by atoms with van der Waals surface area (Å²) in [7, 11) is 0. The molecule has 0 bridgehead atoms. The Kier molecular flexibility index (Phi) is 7.82. The summed E-state index contributed by atoms with van der Waals surface area (Å²) in [5.74, 6) is 3.14. The largest absolute Gasteiger partial charge is 0.478 e. The molecule has 1 aromatic rings. The summed E-state index contributed by atoms with van der Waals surface area (Å²) in [5, 5.41) is 0.642. The van der Waals surface area contributed by atoms with Crippen molar-refractivity contribution in [1.82, 2.24) is 9.88 Å². The average molecular weight is 309 g/mol. The van der Waals surface area contributed by atoms with Gasteiger partial charge < -0.3 is 4.74 Å². The number of thioether (sulfide) groups is 1. The second-order valence-electron chi connectivity index (χ2n) is 4.03. The van der Waals surface area contributed by atoms with Crippen molar-refractivity contribution in [3.05, 3.63) is 23.4 Å². The van der Waals surface area contributed by atoms with E-state index in [0.29, 0.717) is 10.9 Å². The van der Waals surface area contributed by atoms with Gasteiger partial charge >= 0.3 is 0 Å². The summed E-state index contributed by atoms with van der Waals surface area (Å²) >= 11 is 7.76. The number of unbranched alkanes of at least 4 members (excludes halogenated alkanes) is 1. The molecular formula is C12H18Cl2N2OS. The first-order chi connectivity index (χ1) is 8.34. The lowest BCUT2D eigenvalue weighted by Gasteiger charge is -2.13. The highest BCUT2D eigenvalue weighted by Gasteiger charge is 2.10. The maximum atomic E-state index is 5.74. The van der Waals surface area contributed by atoms with E-state index in [1.165, 1.54) is 31.1 Å². The van der Waals surface area contributed by atoms with Gasteiger partial charge in [0.25, 0.3) is 0 Å². The smallest absolute Gasteiger partial charge is 0.213 e. The minimum atomic E-state index is 0. The van der Waals surface area contributed by atoms with Crippen molar-refractivity contribution in [2.75, 3.05) is 31.3 Å². The van der Waals surface area contributed by atoms with E-state index in [1.807, 2.05) is 11.8 Å². The highest BCUT2D eigenvalue weighted by Crippen LogP contribution is 2.14. The van der Waals surface area contributed by atoms with Crippen LogP contribution in [0.1, 0.15) is 12.8 Å². The minimum absolute atomic E-state index is 0. The van der Waals surface area contributed by atoms with Crippen LogP contribution in [0.5, 0.6) is 5.88 Å². The van der Waals surface area contributed by atoms with Crippen molar-refractivity contribution in [3.8, 4) is 5.88 Å². The van der Waals surface area contributed by atoms with Crippen LogP contribution >= 0.6 is 35.8 Å². The molecule has 0 saturated carbocycles. The number of aromatic nitrogens is 1. The molecule has 0 spiro atoms. The number of hydrogen-bond acceptors (Lipinski definition) is 4. The molecule has 6 heteroatoms. The van der Waals surface area contributed by atoms with E-state index >= 15 is 0 Å². The van der Waals surface area contributed by atoms with Gasteiger partial charge in [-0.3, -0.25) is 4.90 Å². The molecule has 1 aromatic heterocycles. The molecule has 1 aliphatic rings. The number of rotatable bonds is 6. The molecule has 1 saturated heterocycles. The van der Waals surface area contributed by atoms with E-state index in [0.717, 1.165) is 13.0 Å². The first kappa shape index (κ1) is 15.9. The Morgan fingerprint density at radius 3 is 2.94 bits per heavy atom. The lowest BCUT2D eigenvalue weighted by Crippen LogP contribution is -2.21. The SMILES string of the molecule is Cl.Clc1ccc(OCCCCN2CCSC2)nc1. The van der Waals surface area contributed by atoms with Gasteiger partial charge in [-0.2, -0.15) is 0 Å². The predicted octanol–water partition coefficient (Wildman–Crippen LogP) is 3.32. The summed E-state index contributed by atoms with van der Waals surface area (Å²) in [6.07, 6.45) is 3.87. The molecule has 3 nitrogen and oxygen atoms in total. The summed E-state index contributed by atoms with van der Waals surface area (Å²) in [6, 6.07) is 3.60. The number of halogens is 2. The average Bonchev–Trinajstić information content (AvgIpc) is 2.84. The third-order valence-electron chi connectivity index (χ3n) is 2.64. The first-order valence-electron chi connectivity index (χ1n) is 5.89. The Morgan fingerprint density at radius 2 is 2.28 bits per heavy atom. The third kappa shape index (κ3) is 5.65. The number of ether oxygens (including phenoxy) is 1. The van der Waals surface area contributed by atoms with Gasteiger partial charge in [0.15, 0.2) is 0 Å². The quantitative estimate of drug-likeness (QED) is 0.753. The first-order valence-corrected chi connectivity index (χ1v) is 7.42. The van der Waals surface area contributed by atoms with Crippen LogP contribution in [0.15, 0.2) is 18.3 Å². The molecule has 1 aliphatic heterocycles. The second kappa shape index (κ2) is 8.86. The molecule has 0 aromatic carbocycles. The monoisotopic (exact) mass is 308 g/mol. The standard InChI is InChI=1S/C12H17ClN2OS.ClH/c13-11-3-4-12(14-9-11)16-7-2-1-5-15-6-8-17-10-15;/h3-4,9H,1-2,5-8,10H2;1H.